The fourth-order valence-corrected chi connectivity index (χ4v) is 2.50. The molecular formula is C15H17NO2S. The molecule has 2 rings (SSSR count). The van der Waals surface area contributed by atoms with Gasteiger partial charge in [0.25, 0.3) is 0 Å². The van der Waals surface area contributed by atoms with Crippen LogP contribution in [-0.4, -0.2) is 14.7 Å². The van der Waals surface area contributed by atoms with Crippen LogP contribution in [0.5, 0.6) is 0 Å². The van der Waals surface area contributed by atoms with Crippen LogP contribution in [0, 0.1) is 0 Å². The Hall–Kier alpha value is -1.65. The Balaban J connectivity index is 2.32. The predicted octanol–water partition coefficient (Wildman–Crippen LogP) is 2.78. The van der Waals surface area contributed by atoms with Crippen molar-refractivity contribution in [2.75, 3.05) is 6.26 Å². The maximum absolute atomic E-state index is 11.4. The van der Waals surface area contributed by atoms with Gasteiger partial charge in [-0.2, -0.15) is 0 Å². The van der Waals surface area contributed by atoms with Crippen LogP contribution >= 0.6 is 0 Å². The maximum atomic E-state index is 11.4. The van der Waals surface area contributed by atoms with Crippen LogP contribution in [0.15, 0.2) is 53.4 Å². The van der Waals surface area contributed by atoms with E-state index in [1.807, 2.05) is 43.3 Å². The summed E-state index contributed by atoms with van der Waals surface area (Å²) in [6.45, 7) is 1.94. The van der Waals surface area contributed by atoms with E-state index in [-0.39, 0.29) is 6.04 Å². The van der Waals surface area contributed by atoms with Gasteiger partial charge in [0.2, 0.25) is 0 Å². The lowest BCUT2D eigenvalue weighted by atomic mass is 10.0. The zero-order valence-electron chi connectivity index (χ0n) is 11.0. The smallest absolute Gasteiger partial charge is 0.175 e. The van der Waals surface area contributed by atoms with Gasteiger partial charge in [-0.25, -0.2) is 8.42 Å². The van der Waals surface area contributed by atoms with Crippen LogP contribution in [0.4, 0.5) is 0 Å². The van der Waals surface area contributed by atoms with Crippen LogP contribution in [0.25, 0.3) is 11.1 Å². The van der Waals surface area contributed by atoms with Gasteiger partial charge in [0.05, 0.1) is 4.90 Å². The molecule has 0 heterocycles. The van der Waals surface area contributed by atoms with Crippen LogP contribution < -0.4 is 5.73 Å². The van der Waals surface area contributed by atoms with Gasteiger partial charge < -0.3 is 5.73 Å². The summed E-state index contributed by atoms with van der Waals surface area (Å²) in [5.74, 6) is 0. The van der Waals surface area contributed by atoms with Gasteiger partial charge in [0, 0.05) is 12.3 Å². The first-order valence-corrected chi connectivity index (χ1v) is 7.93. The second kappa shape index (κ2) is 5.15. The lowest BCUT2D eigenvalue weighted by Gasteiger charge is -2.07. The maximum Gasteiger partial charge on any atom is 0.175 e. The fraction of sp³-hybridized carbons (Fsp3) is 0.200. The average molecular weight is 275 g/mol. The molecule has 0 aliphatic rings. The van der Waals surface area contributed by atoms with Crippen molar-refractivity contribution in [2.45, 2.75) is 17.9 Å². The highest BCUT2D eigenvalue weighted by atomic mass is 32.2. The van der Waals surface area contributed by atoms with Crippen molar-refractivity contribution in [3.8, 4) is 11.1 Å². The van der Waals surface area contributed by atoms with Gasteiger partial charge in [-0.15, -0.1) is 0 Å². The molecule has 0 spiro atoms. The van der Waals surface area contributed by atoms with E-state index < -0.39 is 9.84 Å². The highest BCUT2D eigenvalue weighted by molar-refractivity contribution is 7.90. The van der Waals surface area contributed by atoms with Crippen molar-refractivity contribution in [2.24, 2.45) is 5.73 Å². The molecule has 0 fully saturated rings. The molecule has 2 aromatic carbocycles. The molecule has 4 heteroatoms. The fourth-order valence-electron chi connectivity index (χ4n) is 1.87. The van der Waals surface area contributed by atoms with Gasteiger partial charge in [-0.05, 0) is 35.7 Å². The molecular weight excluding hydrogens is 258 g/mol. The van der Waals surface area contributed by atoms with Gasteiger partial charge in [-0.1, -0.05) is 36.4 Å². The number of nitrogens with two attached hydrogens (primary N) is 1. The third kappa shape index (κ3) is 3.22. The van der Waals surface area contributed by atoms with E-state index in [9.17, 15) is 8.42 Å². The quantitative estimate of drug-likeness (QED) is 0.937. The highest BCUT2D eigenvalue weighted by Crippen LogP contribution is 2.23. The molecule has 0 saturated heterocycles. The summed E-state index contributed by atoms with van der Waals surface area (Å²) < 4.78 is 22.8. The monoisotopic (exact) mass is 275 g/mol. The van der Waals surface area contributed by atoms with E-state index in [4.69, 9.17) is 5.73 Å². The number of hydrogen-bond donors (Lipinski definition) is 1. The molecule has 0 aliphatic carbocycles. The SMILES string of the molecule is C[C@H](N)c1ccc(-c2ccc(S(C)(=O)=O)cc2)cc1. The van der Waals surface area contributed by atoms with E-state index in [1.165, 1.54) is 6.26 Å². The van der Waals surface area contributed by atoms with Crippen molar-refractivity contribution >= 4 is 9.84 Å². The first-order valence-electron chi connectivity index (χ1n) is 6.04. The molecule has 0 unspecified atom stereocenters. The standard InChI is InChI=1S/C15H17NO2S/c1-11(16)12-3-5-13(6-4-12)14-7-9-15(10-8-14)19(2,17)18/h3-11H,16H2,1-2H3/t11-/m0/s1. The van der Waals surface area contributed by atoms with Gasteiger partial charge in [0.1, 0.15) is 0 Å². The summed E-state index contributed by atoms with van der Waals surface area (Å²) in [4.78, 5) is 0.337. The van der Waals surface area contributed by atoms with Crippen LogP contribution in [0.1, 0.15) is 18.5 Å². The Morgan fingerprint density at radius 3 is 1.68 bits per heavy atom. The third-order valence-corrected chi connectivity index (χ3v) is 4.18. The summed E-state index contributed by atoms with van der Waals surface area (Å²) in [5.41, 5.74) is 8.92. The second-order valence-electron chi connectivity index (χ2n) is 4.71. The zero-order chi connectivity index (χ0) is 14.0. The molecule has 3 nitrogen and oxygen atoms in total. The number of rotatable bonds is 3. The van der Waals surface area contributed by atoms with Crippen LogP contribution in [0.3, 0.4) is 0 Å². The van der Waals surface area contributed by atoms with Crippen molar-refractivity contribution < 1.29 is 8.42 Å². The number of hydrogen-bond acceptors (Lipinski definition) is 3. The molecule has 0 bridgehead atoms. The van der Waals surface area contributed by atoms with Gasteiger partial charge >= 0.3 is 0 Å². The van der Waals surface area contributed by atoms with E-state index in [2.05, 4.69) is 0 Å². The number of sulfone groups is 1. The summed E-state index contributed by atoms with van der Waals surface area (Å²) in [6, 6.07) is 14.9. The molecule has 0 radical (unpaired) electrons. The first kappa shape index (κ1) is 13.8. The van der Waals surface area contributed by atoms with Gasteiger partial charge in [-0.3, -0.25) is 0 Å². The van der Waals surface area contributed by atoms with E-state index in [1.54, 1.807) is 12.1 Å². The zero-order valence-corrected chi connectivity index (χ0v) is 11.8. The Kier molecular flexibility index (Phi) is 3.73. The Morgan fingerprint density at radius 1 is 0.895 bits per heavy atom. The molecule has 0 amide bonds. The first-order chi connectivity index (χ1) is 8.88. The Bertz CT molecular complexity index is 656. The molecule has 0 aromatic heterocycles. The van der Waals surface area contributed by atoms with Crippen molar-refractivity contribution in [3.63, 3.8) is 0 Å². The normalized spacial score (nSPS) is 13.2. The average Bonchev–Trinajstić information content (AvgIpc) is 2.38. The lowest BCUT2D eigenvalue weighted by molar-refractivity contribution is 0.602. The van der Waals surface area contributed by atoms with E-state index in [0.717, 1.165) is 16.7 Å². The molecule has 19 heavy (non-hydrogen) atoms. The minimum absolute atomic E-state index is 0.0154. The Labute approximate surface area is 114 Å². The molecule has 0 aliphatic heterocycles. The minimum atomic E-state index is -3.14. The van der Waals surface area contributed by atoms with Crippen molar-refractivity contribution in [1.82, 2.24) is 0 Å². The summed E-state index contributed by atoms with van der Waals surface area (Å²) in [5, 5.41) is 0. The second-order valence-corrected chi connectivity index (χ2v) is 6.72. The summed E-state index contributed by atoms with van der Waals surface area (Å²) >= 11 is 0. The lowest BCUT2D eigenvalue weighted by Crippen LogP contribution is -2.04. The van der Waals surface area contributed by atoms with E-state index >= 15 is 0 Å². The van der Waals surface area contributed by atoms with Crippen LogP contribution in [-0.2, 0) is 9.84 Å². The topological polar surface area (TPSA) is 60.2 Å². The summed E-state index contributed by atoms with van der Waals surface area (Å²) in [6.07, 6.45) is 1.21. The van der Waals surface area contributed by atoms with Crippen molar-refractivity contribution in [3.05, 3.63) is 54.1 Å². The largest absolute Gasteiger partial charge is 0.324 e. The Morgan fingerprint density at radius 2 is 1.32 bits per heavy atom. The molecule has 2 N–H and O–H groups in total. The van der Waals surface area contributed by atoms with Crippen LogP contribution in [0.2, 0.25) is 0 Å². The number of benzene rings is 2. The predicted molar refractivity (Wildman–Crippen MR) is 77.6 cm³/mol. The minimum Gasteiger partial charge on any atom is -0.324 e. The summed E-state index contributed by atoms with van der Waals surface area (Å²) in [7, 11) is -3.14. The molecule has 1 atom stereocenters. The highest BCUT2D eigenvalue weighted by Gasteiger charge is 2.07. The molecule has 100 valence electrons. The van der Waals surface area contributed by atoms with Crippen molar-refractivity contribution in [1.29, 1.82) is 0 Å². The molecule has 0 saturated carbocycles. The third-order valence-electron chi connectivity index (χ3n) is 3.05. The van der Waals surface area contributed by atoms with E-state index in [0.29, 0.717) is 4.90 Å². The van der Waals surface area contributed by atoms with Gasteiger partial charge in [0.15, 0.2) is 9.84 Å². The molecule has 2 aromatic rings.